The second-order valence-electron chi connectivity index (χ2n) is 3.89. The van der Waals surface area contributed by atoms with Crippen LogP contribution in [0.15, 0.2) is 33.0 Å². The average molecular weight is 327 g/mol. The molecule has 0 bridgehead atoms. The van der Waals surface area contributed by atoms with Crippen LogP contribution in [0.3, 0.4) is 0 Å². The lowest BCUT2D eigenvalue weighted by molar-refractivity contribution is 0.103. The number of amides is 1. The maximum atomic E-state index is 12.0. The number of nitrogens with one attached hydrogen (secondary N) is 1. The summed E-state index contributed by atoms with van der Waals surface area (Å²) in [6, 6.07) is 4.84. The van der Waals surface area contributed by atoms with Gasteiger partial charge >= 0.3 is 0 Å². The Labute approximate surface area is 116 Å². The minimum Gasteiger partial charge on any atom is -0.320 e. The molecule has 0 saturated carbocycles. The monoisotopic (exact) mass is 326 g/mol. The first-order chi connectivity index (χ1) is 8.47. The zero-order valence-electron chi connectivity index (χ0n) is 9.86. The summed E-state index contributed by atoms with van der Waals surface area (Å²) in [7, 11) is 1.64. The maximum Gasteiger partial charge on any atom is 0.265 e. The molecule has 2 aromatic rings. The van der Waals surface area contributed by atoms with Gasteiger partial charge in [0.25, 0.3) is 5.91 Å². The fourth-order valence-corrected chi connectivity index (χ4v) is 2.86. The molecular weight excluding hydrogens is 316 g/mol. The lowest BCUT2D eigenvalue weighted by Crippen LogP contribution is -2.17. The standard InChI is InChI=1S/C12H11BrN2O2S/c1-7-5-9(18-11(7)13)12(17)14-8-3-4-10(16)15(2)6-8/h3-6H,1-2H3,(H,14,17). The molecule has 0 spiro atoms. The van der Waals surface area contributed by atoms with E-state index in [1.807, 2.05) is 13.0 Å². The Morgan fingerprint density at radius 3 is 2.72 bits per heavy atom. The Balaban J connectivity index is 2.21. The first kappa shape index (κ1) is 13.0. The predicted octanol–water partition coefficient (Wildman–Crippen LogP) is 2.77. The van der Waals surface area contributed by atoms with Crippen LogP contribution in [0, 0.1) is 6.92 Å². The van der Waals surface area contributed by atoms with Gasteiger partial charge in [-0.1, -0.05) is 0 Å². The Bertz CT molecular complexity index is 641. The molecule has 0 aromatic carbocycles. The van der Waals surface area contributed by atoms with Crippen LogP contribution in [0.2, 0.25) is 0 Å². The highest BCUT2D eigenvalue weighted by Gasteiger charge is 2.11. The molecule has 6 heteroatoms. The second kappa shape index (κ2) is 5.07. The molecule has 0 radical (unpaired) electrons. The molecule has 0 saturated heterocycles. The minimum absolute atomic E-state index is 0.109. The number of carbonyl (C=O) groups excluding carboxylic acids is 1. The van der Waals surface area contributed by atoms with E-state index in [1.54, 1.807) is 19.3 Å². The highest BCUT2D eigenvalue weighted by Crippen LogP contribution is 2.27. The number of aromatic nitrogens is 1. The minimum atomic E-state index is -0.174. The zero-order chi connectivity index (χ0) is 13.3. The van der Waals surface area contributed by atoms with Gasteiger partial charge in [-0.25, -0.2) is 0 Å². The molecule has 2 aromatic heterocycles. The van der Waals surface area contributed by atoms with E-state index in [-0.39, 0.29) is 11.5 Å². The molecule has 2 rings (SSSR count). The van der Waals surface area contributed by atoms with Crippen LogP contribution in [0.1, 0.15) is 15.2 Å². The second-order valence-corrected chi connectivity index (χ2v) is 6.26. The molecule has 0 aliphatic rings. The number of aryl methyl sites for hydroxylation is 2. The Morgan fingerprint density at radius 2 is 2.17 bits per heavy atom. The summed E-state index contributed by atoms with van der Waals surface area (Å²) < 4.78 is 2.37. The molecule has 0 aliphatic carbocycles. The molecule has 18 heavy (non-hydrogen) atoms. The normalized spacial score (nSPS) is 10.4. The van der Waals surface area contributed by atoms with Gasteiger partial charge in [-0.15, -0.1) is 11.3 Å². The fourth-order valence-electron chi connectivity index (χ4n) is 1.43. The van der Waals surface area contributed by atoms with E-state index in [0.717, 1.165) is 9.35 Å². The van der Waals surface area contributed by atoms with Gasteiger partial charge in [0.15, 0.2) is 0 Å². The van der Waals surface area contributed by atoms with E-state index < -0.39 is 0 Å². The van der Waals surface area contributed by atoms with Crippen LogP contribution >= 0.6 is 27.3 Å². The van der Waals surface area contributed by atoms with Crippen molar-refractivity contribution in [3.8, 4) is 0 Å². The topological polar surface area (TPSA) is 51.1 Å². The summed E-state index contributed by atoms with van der Waals surface area (Å²) in [5.41, 5.74) is 1.53. The van der Waals surface area contributed by atoms with E-state index >= 15 is 0 Å². The van der Waals surface area contributed by atoms with Crippen molar-refractivity contribution >= 4 is 38.9 Å². The number of nitrogens with zero attached hydrogens (tertiary/aromatic N) is 1. The lowest BCUT2D eigenvalue weighted by atomic mass is 10.3. The van der Waals surface area contributed by atoms with Crippen LogP contribution in [0.25, 0.3) is 0 Å². The zero-order valence-corrected chi connectivity index (χ0v) is 12.3. The van der Waals surface area contributed by atoms with E-state index in [1.165, 1.54) is 22.0 Å². The number of thiophene rings is 1. The van der Waals surface area contributed by atoms with Crippen molar-refractivity contribution in [1.29, 1.82) is 0 Å². The first-order valence-electron chi connectivity index (χ1n) is 5.21. The SMILES string of the molecule is Cc1cc(C(=O)Nc2ccc(=O)n(C)c2)sc1Br. The number of pyridine rings is 1. The van der Waals surface area contributed by atoms with Crippen LogP contribution in [0.4, 0.5) is 5.69 Å². The third kappa shape index (κ3) is 2.70. The smallest absolute Gasteiger partial charge is 0.265 e. The Morgan fingerprint density at radius 1 is 1.44 bits per heavy atom. The molecule has 0 unspecified atom stereocenters. The van der Waals surface area contributed by atoms with Gasteiger partial charge in [0.1, 0.15) is 0 Å². The van der Waals surface area contributed by atoms with Crippen LogP contribution in [-0.2, 0) is 7.05 Å². The molecular formula is C12H11BrN2O2S. The van der Waals surface area contributed by atoms with Crippen LogP contribution < -0.4 is 10.9 Å². The first-order valence-corrected chi connectivity index (χ1v) is 6.82. The van der Waals surface area contributed by atoms with Crippen molar-refractivity contribution in [3.05, 3.63) is 49.0 Å². The van der Waals surface area contributed by atoms with Crippen LogP contribution in [0.5, 0.6) is 0 Å². The molecule has 0 aliphatic heterocycles. The van der Waals surface area contributed by atoms with Gasteiger partial charge in [-0.2, -0.15) is 0 Å². The number of rotatable bonds is 2. The van der Waals surface area contributed by atoms with E-state index in [4.69, 9.17) is 0 Å². The quantitative estimate of drug-likeness (QED) is 0.922. The Kier molecular flexibility index (Phi) is 3.68. The lowest BCUT2D eigenvalue weighted by Gasteiger charge is -2.04. The number of anilines is 1. The van der Waals surface area contributed by atoms with Crippen molar-refractivity contribution in [2.24, 2.45) is 7.05 Å². The molecule has 94 valence electrons. The van der Waals surface area contributed by atoms with Gasteiger partial charge in [-0.05, 0) is 40.5 Å². The third-order valence-corrected chi connectivity index (χ3v) is 4.56. The number of hydrogen-bond acceptors (Lipinski definition) is 3. The number of hydrogen-bond donors (Lipinski definition) is 1. The molecule has 2 heterocycles. The number of halogens is 1. The van der Waals surface area contributed by atoms with E-state index in [0.29, 0.717) is 10.6 Å². The molecule has 0 fully saturated rings. The number of carbonyl (C=O) groups is 1. The van der Waals surface area contributed by atoms with Gasteiger partial charge < -0.3 is 9.88 Å². The molecule has 1 N–H and O–H groups in total. The highest BCUT2D eigenvalue weighted by molar-refractivity contribution is 9.11. The van der Waals surface area contributed by atoms with Crippen molar-refractivity contribution < 1.29 is 4.79 Å². The largest absolute Gasteiger partial charge is 0.320 e. The summed E-state index contributed by atoms with van der Waals surface area (Å²) in [6.07, 6.45) is 1.59. The molecule has 4 nitrogen and oxygen atoms in total. The summed E-state index contributed by atoms with van der Waals surface area (Å²) in [5.74, 6) is -0.174. The van der Waals surface area contributed by atoms with Gasteiger partial charge in [-0.3, -0.25) is 9.59 Å². The summed E-state index contributed by atoms with van der Waals surface area (Å²) in [4.78, 5) is 23.8. The van der Waals surface area contributed by atoms with Crippen LogP contribution in [-0.4, -0.2) is 10.5 Å². The summed E-state index contributed by atoms with van der Waals surface area (Å²) in [6.45, 7) is 1.93. The van der Waals surface area contributed by atoms with Crippen molar-refractivity contribution in [2.75, 3.05) is 5.32 Å². The van der Waals surface area contributed by atoms with Crippen molar-refractivity contribution in [2.45, 2.75) is 6.92 Å². The van der Waals surface area contributed by atoms with Crippen molar-refractivity contribution in [1.82, 2.24) is 4.57 Å². The highest BCUT2D eigenvalue weighted by atomic mass is 79.9. The maximum absolute atomic E-state index is 12.0. The fraction of sp³-hybridized carbons (Fsp3) is 0.167. The third-order valence-electron chi connectivity index (χ3n) is 2.42. The van der Waals surface area contributed by atoms with E-state index in [2.05, 4.69) is 21.2 Å². The van der Waals surface area contributed by atoms with Crippen molar-refractivity contribution in [3.63, 3.8) is 0 Å². The molecule has 1 amide bonds. The van der Waals surface area contributed by atoms with Gasteiger partial charge in [0, 0.05) is 19.3 Å². The predicted molar refractivity (Wildman–Crippen MR) is 76.4 cm³/mol. The molecule has 0 atom stereocenters. The average Bonchev–Trinajstić information content (AvgIpc) is 2.65. The Hall–Kier alpha value is -1.40. The van der Waals surface area contributed by atoms with Gasteiger partial charge in [0.2, 0.25) is 5.56 Å². The summed E-state index contributed by atoms with van der Waals surface area (Å²) >= 11 is 4.77. The van der Waals surface area contributed by atoms with E-state index in [9.17, 15) is 9.59 Å². The summed E-state index contributed by atoms with van der Waals surface area (Å²) in [5, 5.41) is 2.76. The van der Waals surface area contributed by atoms with Gasteiger partial charge in [0.05, 0.1) is 14.4 Å².